The number of carbonyl (C=O) groups is 1. The van der Waals surface area contributed by atoms with Gasteiger partial charge in [0.15, 0.2) is 0 Å². The van der Waals surface area contributed by atoms with Crippen LogP contribution < -0.4 is 5.73 Å². The van der Waals surface area contributed by atoms with Gasteiger partial charge in [-0.1, -0.05) is 43.3 Å². The number of rotatable bonds is 3. The van der Waals surface area contributed by atoms with Crippen molar-refractivity contribution in [2.45, 2.75) is 19.8 Å². The Bertz CT molecular complexity index is 531. The van der Waals surface area contributed by atoms with Gasteiger partial charge in [0.1, 0.15) is 0 Å². The van der Waals surface area contributed by atoms with E-state index in [-0.39, 0.29) is 5.91 Å². The number of aryl methyl sites for hydroxylation is 1. The molecule has 0 spiro atoms. The number of hydrogen-bond donors (Lipinski definition) is 1. The van der Waals surface area contributed by atoms with E-state index in [9.17, 15) is 4.79 Å². The SMILES string of the molecule is CCc1ccc2cc(CC(N)=O)ccc2c1. The van der Waals surface area contributed by atoms with Crippen LogP contribution >= 0.6 is 0 Å². The molecule has 2 rings (SSSR count). The molecule has 2 heteroatoms. The largest absolute Gasteiger partial charge is 0.369 e. The summed E-state index contributed by atoms with van der Waals surface area (Å²) >= 11 is 0. The molecule has 0 saturated carbocycles. The molecule has 0 aromatic heterocycles. The third-order valence-electron chi connectivity index (χ3n) is 2.76. The van der Waals surface area contributed by atoms with E-state index in [2.05, 4.69) is 25.1 Å². The summed E-state index contributed by atoms with van der Waals surface area (Å²) in [6.07, 6.45) is 1.35. The van der Waals surface area contributed by atoms with E-state index < -0.39 is 0 Å². The highest BCUT2D eigenvalue weighted by Gasteiger charge is 2.00. The fourth-order valence-electron chi connectivity index (χ4n) is 1.88. The summed E-state index contributed by atoms with van der Waals surface area (Å²) < 4.78 is 0. The van der Waals surface area contributed by atoms with Crippen molar-refractivity contribution in [1.29, 1.82) is 0 Å². The molecule has 0 bridgehead atoms. The third kappa shape index (κ3) is 2.22. The Kier molecular flexibility index (Phi) is 2.91. The molecule has 82 valence electrons. The van der Waals surface area contributed by atoms with Crippen LogP contribution in [-0.2, 0) is 17.6 Å². The van der Waals surface area contributed by atoms with Gasteiger partial charge < -0.3 is 5.73 Å². The molecule has 1 amide bonds. The zero-order valence-electron chi connectivity index (χ0n) is 9.36. The zero-order chi connectivity index (χ0) is 11.5. The zero-order valence-corrected chi connectivity index (χ0v) is 9.36. The molecule has 0 atom stereocenters. The summed E-state index contributed by atoms with van der Waals surface area (Å²) in [7, 11) is 0. The predicted octanol–water partition coefficient (Wildman–Crippen LogP) is 2.43. The van der Waals surface area contributed by atoms with Crippen molar-refractivity contribution in [3.8, 4) is 0 Å². The number of primary amides is 1. The number of carbonyl (C=O) groups excluding carboxylic acids is 1. The molecule has 2 N–H and O–H groups in total. The van der Waals surface area contributed by atoms with E-state index in [1.165, 1.54) is 10.9 Å². The molecule has 0 aliphatic carbocycles. The summed E-state index contributed by atoms with van der Waals surface area (Å²) in [5, 5.41) is 2.38. The predicted molar refractivity (Wildman–Crippen MR) is 66.2 cm³/mol. The molecule has 16 heavy (non-hydrogen) atoms. The average Bonchev–Trinajstić information content (AvgIpc) is 2.27. The Morgan fingerprint density at radius 2 is 1.62 bits per heavy atom. The average molecular weight is 213 g/mol. The monoisotopic (exact) mass is 213 g/mol. The molecule has 0 aliphatic rings. The van der Waals surface area contributed by atoms with Gasteiger partial charge in [0.25, 0.3) is 0 Å². The standard InChI is InChI=1S/C14H15NO/c1-2-10-3-5-13-8-11(9-14(15)16)4-6-12(13)7-10/h3-8H,2,9H2,1H3,(H2,15,16). The minimum Gasteiger partial charge on any atom is -0.369 e. The maximum absolute atomic E-state index is 10.8. The molecule has 0 aliphatic heterocycles. The topological polar surface area (TPSA) is 43.1 Å². The number of hydrogen-bond acceptors (Lipinski definition) is 1. The van der Waals surface area contributed by atoms with Crippen molar-refractivity contribution in [2.24, 2.45) is 5.73 Å². The molecule has 0 radical (unpaired) electrons. The lowest BCUT2D eigenvalue weighted by Crippen LogP contribution is -2.13. The maximum Gasteiger partial charge on any atom is 0.221 e. The lowest BCUT2D eigenvalue weighted by molar-refractivity contribution is -0.117. The van der Waals surface area contributed by atoms with E-state index in [1.807, 2.05) is 18.2 Å². The van der Waals surface area contributed by atoms with Gasteiger partial charge in [0.05, 0.1) is 6.42 Å². The Morgan fingerprint density at radius 3 is 2.19 bits per heavy atom. The Hall–Kier alpha value is -1.83. The van der Waals surface area contributed by atoms with Gasteiger partial charge in [0, 0.05) is 0 Å². The van der Waals surface area contributed by atoms with Crippen molar-refractivity contribution in [2.75, 3.05) is 0 Å². The molecule has 2 nitrogen and oxygen atoms in total. The summed E-state index contributed by atoms with van der Waals surface area (Å²) in [6.45, 7) is 2.14. The molecule has 0 heterocycles. The first-order valence-corrected chi connectivity index (χ1v) is 5.49. The van der Waals surface area contributed by atoms with Crippen LogP contribution in [0.1, 0.15) is 18.1 Å². The smallest absolute Gasteiger partial charge is 0.221 e. The van der Waals surface area contributed by atoms with Crippen LogP contribution in [0.3, 0.4) is 0 Å². The normalized spacial score (nSPS) is 10.6. The van der Waals surface area contributed by atoms with Crippen LogP contribution in [-0.4, -0.2) is 5.91 Å². The second kappa shape index (κ2) is 4.35. The van der Waals surface area contributed by atoms with Gasteiger partial charge in [-0.25, -0.2) is 0 Å². The van der Waals surface area contributed by atoms with Crippen LogP contribution in [0.4, 0.5) is 0 Å². The Morgan fingerprint density at radius 1 is 1.06 bits per heavy atom. The fourth-order valence-corrected chi connectivity index (χ4v) is 1.88. The lowest BCUT2D eigenvalue weighted by Gasteiger charge is -2.04. The summed E-state index contributed by atoms with van der Waals surface area (Å²) in [4.78, 5) is 10.8. The lowest BCUT2D eigenvalue weighted by atomic mass is 10.0. The molecular formula is C14H15NO. The highest BCUT2D eigenvalue weighted by atomic mass is 16.1. The van der Waals surface area contributed by atoms with Gasteiger partial charge in [0.2, 0.25) is 5.91 Å². The van der Waals surface area contributed by atoms with Crippen molar-refractivity contribution in [1.82, 2.24) is 0 Å². The molecule has 0 fully saturated rings. The summed E-state index contributed by atoms with van der Waals surface area (Å²) in [5.74, 6) is -0.287. The van der Waals surface area contributed by atoms with Gasteiger partial charge in [-0.2, -0.15) is 0 Å². The van der Waals surface area contributed by atoms with E-state index in [4.69, 9.17) is 5.73 Å². The van der Waals surface area contributed by atoms with Crippen molar-refractivity contribution in [3.05, 3.63) is 47.5 Å². The van der Waals surface area contributed by atoms with Crippen molar-refractivity contribution in [3.63, 3.8) is 0 Å². The second-order valence-corrected chi connectivity index (χ2v) is 4.01. The molecule has 2 aromatic rings. The minimum atomic E-state index is -0.287. The summed E-state index contributed by atoms with van der Waals surface area (Å²) in [5.41, 5.74) is 7.48. The van der Waals surface area contributed by atoms with Gasteiger partial charge >= 0.3 is 0 Å². The van der Waals surface area contributed by atoms with Crippen LogP contribution in [0, 0.1) is 0 Å². The first-order valence-electron chi connectivity index (χ1n) is 5.49. The Balaban J connectivity index is 2.43. The number of amides is 1. The summed E-state index contributed by atoms with van der Waals surface area (Å²) in [6, 6.07) is 12.4. The maximum atomic E-state index is 10.8. The van der Waals surface area contributed by atoms with E-state index in [0.29, 0.717) is 6.42 Å². The van der Waals surface area contributed by atoms with Gasteiger partial charge in [-0.05, 0) is 28.3 Å². The van der Waals surface area contributed by atoms with Crippen LogP contribution in [0.2, 0.25) is 0 Å². The van der Waals surface area contributed by atoms with E-state index in [1.54, 1.807) is 0 Å². The molecular weight excluding hydrogens is 198 g/mol. The fraction of sp³-hybridized carbons (Fsp3) is 0.214. The Labute approximate surface area is 95.1 Å². The number of fused-ring (bicyclic) bond motifs is 1. The molecule has 0 unspecified atom stereocenters. The highest BCUT2D eigenvalue weighted by Crippen LogP contribution is 2.18. The molecule has 2 aromatic carbocycles. The van der Waals surface area contributed by atoms with Crippen LogP contribution in [0.25, 0.3) is 10.8 Å². The number of nitrogens with two attached hydrogens (primary N) is 1. The van der Waals surface area contributed by atoms with Crippen molar-refractivity contribution < 1.29 is 4.79 Å². The minimum absolute atomic E-state index is 0.287. The second-order valence-electron chi connectivity index (χ2n) is 4.01. The van der Waals surface area contributed by atoms with Crippen molar-refractivity contribution >= 4 is 16.7 Å². The first-order chi connectivity index (χ1) is 7.69. The first kappa shape index (κ1) is 10.7. The van der Waals surface area contributed by atoms with Gasteiger partial charge in [-0.15, -0.1) is 0 Å². The van der Waals surface area contributed by atoms with Gasteiger partial charge in [-0.3, -0.25) is 4.79 Å². The number of benzene rings is 2. The molecule has 0 saturated heterocycles. The van der Waals surface area contributed by atoms with Crippen LogP contribution in [0.15, 0.2) is 36.4 Å². The van der Waals surface area contributed by atoms with Crippen LogP contribution in [0.5, 0.6) is 0 Å². The quantitative estimate of drug-likeness (QED) is 0.836. The third-order valence-corrected chi connectivity index (χ3v) is 2.76. The van der Waals surface area contributed by atoms with E-state index in [0.717, 1.165) is 17.4 Å². The van der Waals surface area contributed by atoms with E-state index >= 15 is 0 Å². The highest BCUT2D eigenvalue weighted by molar-refractivity contribution is 5.85.